The number of carbonyl (C=O) groups excluding carboxylic acids is 1. The topological polar surface area (TPSA) is 59.2 Å². The van der Waals surface area contributed by atoms with E-state index in [4.69, 9.17) is 5.73 Å². The average Bonchev–Trinajstić information content (AvgIpc) is 2.82. The Morgan fingerprint density at radius 2 is 2.32 bits per heavy atom. The van der Waals surface area contributed by atoms with Crippen molar-refractivity contribution in [3.8, 4) is 0 Å². The summed E-state index contributed by atoms with van der Waals surface area (Å²) in [5.74, 6) is 0.620. The number of nitrogens with zero attached hydrogens (tertiary/aromatic N) is 2. The van der Waals surface area contributed by atoms with Gasteiger partial charge in [-0.05, 0) is 32.7 Å². The highest BCUT2D eigenvalue weighted by molar-refractivity contribution is 7.09. The first-order valence-electron chi connectivity index (χ1n) is 6.40. The second-order valence-electron chi connectivity index (χ2n) is 5.70. The van der Waals surface area contributed by atoms with Gasteiger partial charge in [0.2, 0.25) is 0 Å². The maximum Gasteiger partial charge on any atom is 0.273 e. The van der Waals surface area contributed by atoms with E-state index in [9.17, 15) is 4.79 Å². The fourth-order valence-electron chi connectivity index (χ4n) is 2.73. The average molecular weight is 304 g/mol. The van der Waals surface area contributed by atoms with Crippen LogP contribution >= 0.6 is 23.7 Å². The van der Waals surface area contributed by atoms with Gasteiger partial charge in [-0.25, -0.2) is 4.98 Å². The van der Waals surface area contributed by atoms with Gasteiger partial charge in [0.15, 0.2) is 0 Å². The molecule has 6 heteroatoms. The summed E-state index contributed by atoms with van der Waals surface area (Å²) in [5.41, 5.74) is 6.01. The minimum atomic E-state index is -0.0614. The van der Waals surface area contributed by atoms with E-state index in [1.807, 2.05) is 10.3 Å². The van der Waals surface area contributed by atoms with Crippen molar-refractivity contribution in [1.82, 2.24) is 9.88 Å². The summed E-state index contributed by atoms with van der Waals surface area (Å²) in [6.45, 7) is 7.85. The Balaban J connectivity index is 0.00000180. The molecule has 0 radical (unpaired) electrons. The van der Waals surface area contributed by atoms with Crippen LogP contribution in [0, 0.1) is 5.92 Å². The quantitative estimate of drug-likeness (QED) is 0.932. The lowest BCUT2D eigenvalue weighted by Crippen LogP contribution is -2.42. The third-order valence-corrected chi connectivity index (χ3v) is 4.36. The maximum absolute atomic E-state index is 12.5. The molecule has 1 amide bonds. The van der Waals surface area contributed by atoms with Gasteiger partial charge in [-0.1, -0.05) is 6.92 Å². The van der Waals surface area contributed by atoms with E-state index in [1.54, 1.807) is 0 Å². The molecule has 0 bridgehead atoms. The second-order valence-corrected chi connectivity index (χ2v) is 6.65. The van der Waals surface area contributed by atoms with Crippen molar-refractivity contribution >= 4 is 29.7 Å². The molecule has 1 aromatic rings. The van der Waals surface area contributed by atoms with E-state index in [0.29, 0.717) is 18.2 Å². The Labute approximate surface area is 124 Å². The van der Waals surface area contributed by atoms with E-state index in [-0.39, 0.29) is 23.9 Å². The van der Waals surface area contributed by atoms with Crippen molar-refractivity contribution < 1.29 is 4.79 Å². The Morgan fingerprint density at radius 3 is 2.84 bits per heavy atom. The van der Waals surface area contributed by atoms with Crippen LogP contribution in [0.15, 0.2) is 5.38 Å². The first-order valence-corrected chi connectivity index (χ1v) is 7.28. The van der Waals surface area contributed by atoms with Crippen molar-refractivity contribution in [2.45, 2.75) is 39.2 Å². The van der Waals surface area contributed by atoms with Crippen LogP contribution in [0.25, 0.3) is 0 Å². The van der Waals surface area contributed by atoms with Crippen LogP contribution < -0.4 is 5.73 Å². The van der Waals surface area contributed by atoms with Gasteiger partial charge in [0.05, 0.1) is 5.01 Å². The lowest BCUT2D eigenvalue weighted by Gasteiger charge is -2.30. The molecule has 2 heterocycles. The highest BCUT2D eigenvalue weighted by Crippen LogP contribution is 2.33. The van der Waals surface area contributed by atoms with Crippen LogP contribution in [0.2, 0.25) is 0 Å². The number of nitrogens with two attached hydrogens (primary N) is 1. The normalized spacial score (nSPS) is 21.3. The standard InChI is InChI=1S/C13H21N3OS.ClH/c1-9-6-13(2,3)16(7-9)12(17)10-8-18-11(15-10)4-5-14;/h8-9H,4-7,14H2,1-3H3;1H. The molecule has 108 valence electrons. The first kappa shape index (κ1) is 16.4. The summed E-state index contributed by atoms with van der Waals surface area (Å²) >= 11 is 1.52. The Morgan fingerprint density at radius 1 is 1.63 bits per heavy atom. The van der Waals surface area contributed by atoms with Gasteiger partial charge in [-0.2, -0.15) is 0 Å². The maximum atomic E-state index is 12.5. The summed E-state index contributed by atoms with van der Waals surface area (Å²) in [6, 6.07) is 0. The molecule has 1 fully saturated rings. The second kappa shape index (κ2) is 6.20. The first-order chi connectivity index (χ1) is 8.44. The zero-order chi connectivity index (χ0) is 13.3. The number of carbonyl (C=O) groups is 1. The molecule has 0 saturated carbocycles. The molecule has 0 spiro atoms. The molecule has 1 aromatic heterocycles. The SMILES string of the molecule is CC1CN(C(=O)c2csc(CCN)n2)C(C)(C)C1.Cl. The van der Waals surface area contributed by atoms with Crippen LogP contribution in [0.1, 0.15) is 42.7 Å². The largest absolute Gasteiger partial charge is 0.332 e. The molecule has 2 N–H and O–H groups in total. The van der Waals surface area contributed by atoms with Crippen molar-refractivity contribution in [1.29, 1.82) is 0 Å². The summed E-state index contributed by atoms with van der Waals surface area (Å²) in [6.07, 6.45) is 1.80. The number of likely N-dealkylation sites (tertiary alicyclic amines) is 1. The molecule has 19 heavy (non-hydrogen) atoms. The van der Waals surface area contributed by atoms with Crippen LogP contribution in [-0.2, 0) is 6.42 Å². The number of aromatic nitrogens is 1. The molecule has 1 aliphatic rings. The van der Waals surface area contributed by atoms with Crippen molar-refractivity contribution in [2.24, 2.45) is 11.7 Å². The predicted octanol–water partition coefficient (Wildman–Crippen LogP) is 2.33. The molecule has 1 unspecified atom stereocenters. The lowest BCUT2D eigenvalue weighted by atomic mass is 9.97. The van der Waals surface area contributed by atoms with E-state index < -0.39 is 0 Å². The van der Waals surface area contributed by atoms with Gasteiger partial charge in [0.1, 0.15) is 5.69 Å². The van der Waals surface area contributed by atoms with Crippen LogP contribution in [0.3, 0.4) is 0 Å². The summed E-state index contributed by atoms with van der Waals surface area (Å²) in [5, 5.41) is 2.80. The summed E-state index contributed by atoms with van der Waals surface area (Å²) in [4.78, 5) is 18.8. The highest BCUT2D eigenvalue weighted by Gasteiger charge is 2.40. The molecular formula is C13H22ClN3OS. The van der Waals surface area contributed by atoms with E-state index >= 15 is 0 Å². The molecule has 4 nitrogen and oxygen atoms in total. The van der Waals surface area contributed by atoms with E-state index in [2.05, 4.69) is 25.8 Å². The van der Waals surface area contributed by atoms with Crippen LogP contribution in [0.4, 0.5) is 0 Å². The fraction of sp³-hybridized carbons (Fsp3) is 0.692. The van der Waals surface area contributed by atoms with Crippen LogP contribution in [0.5, 0.6) is 0 Å². The van der Waals surface area contributed by atoms with Gasteiger partial charge in [0, 0.05) is 23.9 Å². The molecule has 1 saturated heterocycles. The lowest BCUT2D eigenvalue weighted by molar-refractivity contribution is 0.0644. The number of thiazole rings is 1. The minimum Gasteiger partial charge on any atom is -0.332 e. The third kappa shape index (κ3) is 3.46. The Kier molecular flexibility index (Phi) is 5.35. The Hall–Kier alpha value is -0.650. The Bertz CT molecular complexity index is 447. The number of hydrogen-bond donors (Lipinski definition) is 1. The van der Waals surface area contributed by atoms with Crippen molar-refractivity contribution in [2.75, 3.05) is 13.1 Å². The van der Waals surface area contributed by atoms with Gasteiger partial charge in [-0.3, -0.25) is 4.79 Å². The minimum absolute atomic E-state index is 0. The number of hydrogen-bond acceptors (Lipinski definition) is 4. The summed E-state index contributed by atoms with van der Waals surface area (Å²) < 4.78 is 0. The van der Waals surface area contributed by atoms with Gasteiger partial charge in [0.25, 0.3) is 5.91 Å². The summed E-state index contributed by atoms with van der Waals surface area (Å²) in [7, 11) is 0. The van der Waals surface area contributed by atoms with Gasteiger partial charge in [-0.15, -0.1) is 23.7 Å². The fourth-order valence-corrected chi connectivity index (χ4v) is 3.52. The van der Waals surface area contributed by atoms with Crippen molar-refractivity contribution in [3.05, 3.63) is 16.1 Å². The van der Waals surface area contributed by atoms with Gasteiger partial charge < -0.3 is 10.6 Å². The van der Waals surface area contributed by atoms with Gasteiger partial charge >= 0.3 is 0 Å². The zero-order valence-corrected chi connectivity index (χ0v) is 13.3. The zero-order valence-electron chi connectivity index (χ0n) is 11.7. The van der Waals surface area contributed by atoms with Crippen molar-refractivity contribution in [3.63, 3.8) is 0 Å². The van der Waals surface area contributed by atoms with E-state index in [1.165, 1.54) is 11.3 Å². The van der Waals surface area contributed by atoms with E-state index in [0.717, 1.165) is 24.4 Å². The smallest absolute Gasteiger partial charge is 0.273 e. The molecule has 2 rings (SSSR count). The van der Waals surface area contributed by atoms with Crippen LogP contribution in [-0.4, -0.2) is 34.4 Å². The monoisotopic (exact) mass is 303 g/mol. The third-order valence-electron chi connectivity index (χ3n) is 3.45. The number of amides is 1. The number of halogens is 1. The molecule has 0 aliphatic carbocycles. The molecular weight excluding hydrogens is 282 g/mol. The number of rotatable bonds is 3. The molecule has 1 aliphatic heterocycles. The molecule has 0 aromatic carbocycles. The highest BCUT2D eigenvalue weighted by atomic mass is 35.5. The predicted molar refractivity (Wildman–Crippen MR) is 81.0 cm³/mol. The molecule has 1 atom stereocenters.